The summed E-state index contributed by atoms with van der Waals surface area (Å²) in [6, 6.07) is 6.52. The lowest BCUT2D eigenvalue weighted by Gasteiger charge is -2.09. The van der Waals surface area contributed by atoms with Crippen molar-refractivity contribution in [3.63, 3.8) is 0 Å². The van der Waals surface area contributed by atoms with E-state index >= 15 is 0 Å². The number of H-pyrrole nitrogens is 1. The Bertz CT molecular complexity index is 1010. The first-order chi connectivity index (χ1) is 12.0. The van der Waals surface area contributed by atoms with Crippen LogP contribution in [0.1, 0.15) is 11.1 Å². The minimum atomic E-state index is -0.338. The van der Waals surface area contributed by atoms with Crippen molar-refractivity contribution >= 4 is 28.7 Å². The summed E-state index contributed by atoms with van der Waals surface area (Å²) < 4.78 is 13.5. The van der Waals surface area contributed by atoms with Crippen LogP contribution in [0.4, 0.5) is 4.39 Å². The van der Waals surface area contributed by atoms with Crippen LogP contribution in [0, 0.1) is 24.1 Å². The van der Waals surface area contributed by atoms with Gasteiger partial charge in [-0.25, -0.2) is 14.4 Å². The lowest BCUT2D eigenvalue weighted by molar-refractivity contribution is -0.118. The summed E-state index contributed by atoms with van der Waals surface area (Å²) in [6.45, 7) is 1.78. The molecule has 0 bridgehead atoms. The van der Waals surface area contributed by atoms with Gasteiger partial charge in [-0.05, 0) is 30.7 Å². The summed E-state index contributed by atoms with van der Waals surface area (Å²) in [7, 11) is 1.56. The number of nitrogens with zero attached hydrogens (tertiary/aromatic N) is 3. The van der Waals surface area contributed by atoms with E-state index in [0.29, 0.717) is 38.6 Å². The minimum Gasteiger partial charge on any atom is -0.358 e. The number of aromatic nitrogens is 3. The lowest BCUT2D eigenvalue weighted by Crippen LogP contribution is -2.19. The van der Waals surface area contributed by atoms with Gasteiger partial charge in [-0.3, -0.25) is 4.79 Å². The first-order valence-electron chi connectivity index (χ1n) is 7.42. The molecular formula is C17H14FN5OS. The Morgan fingerprint density at radius 2 is 2.24 bits per heavy atom. The van der Waals surface area contributed by atoms with Crippen molar-refractivity contribution in [2.45, 2.75) is 12.1 Å². The van der Waals surface area contributed by atoms with Gasteiger partial charge >= 0.3 is 0 Å². The van der Waals surface area contributed by atoms with E-state index in [1.165, 1.54) is 23.9 Å². The average Bonchev–Trinajstić information content (AvgIpc) is 3.02. The largest absolute Gasteiger partial charge is 0.358 e. The molecule has 1 aromatic carbocycles. The third kappa shape index (κ3) is 3.32. The number of amides is 1. The van der Waals surface area contributed by atoms with E-state index < -0.39 is 0 Å². The molecule has 0 saturated heterocycles. The van der Waals surface area contributed by atoms with Gasteiger partial charge in [-0.15, -0.1) is 0 Å². The van der Waals surface area contributed by atoms with E-state index in [1.54, 1.807) is 26.2 Å². The van der Waals surface area contributed by atoms with Gasteiger partial charge in [0.05, 0.1) is 22.4 Å². The van der Waals surface area contributed by atoms with Crippen LogP contribution < -0.4 is 5.32 Å². The molecule has 2 aromatic heterocycles. The van der Waals surface area contributed by atoms with Crippen LogP contribution >= 0.6 is 11.8 Å². The van der Waals surface area contributed by atoms with Crippen LogP contribution in [0.25, 0.3) is 22.3 Å². The number of thioether (sulfide) groups is 1. The van der Waals surface area contributed by atoms with E-state index in [0.717, 1.165) is 0 Å². The summed E-state index contributed by atoms with van der Waals surface area (Å²) in [5.74, 6) is -0.303. The highest BCUT2D eigenvalue weighted by molar-refractivity contribution is 7.99. The normalized spacial score (nSPS) is 10.6. The maximum absolute atomic E-state index is 13.5. The maximum atomic E-state index is 13.5. The Kier molecular flexibility index (Phi) is 4.67. The quantitative estimate of drug-likeness (QED) is 0.554. The Hall–Kier alpha value is -2.92. The first kappa shape index (κ1) is 16.9. The summed E-state index contributed by atoms with van der Waals surface area (Å²) in [5, 5.41) is 12.9. The third-order valence-corrected chi connectivity index (χ3v) is 4.53. The molecule has 25 heavy (non-hydrogen) atoms. The van der Waals surface area contributed by atoms with Crippen LogP contribution in [0.5, 0.6) is 0 Å². The van der Waals surface area contributed by atoms with Crippen LogP contribution in [-0.4, -0.2) is 33.7 Å². The molecule has 6 nitrogen and oxygen atoms in total. The predicted octanol–water partition coefficient (Wildman–Crippen LogP) is 2.78. The van der Waals surface area contributed by atoms with Crippen molar-refractivity contribution < 1.29 is 9.18 Å². The fourth-order valence-corrected chi connectivity index (χ4v) is 3.17. The Morgan fingerprint density at radius 3 is 2.92 bits per heavy atom. The van der Waals surface area contributed by atoms with Crippen molar-refractivity contribution in [3.8, 4) is 17.3 Å². The maximum Gasteiger partial charge on any atom is 0.230 e. The molecule has 0 atom stereocenters. The number of halogens is 1. The molecule has 3 aromatic rings. The van der Waals surface area contributed by atoms with Gasteiger partial charge in [0.2, 0.25) is 5.91 Å². The molecule has 0 saturated carbocycles. The number of aryl methyl sites for hydroxylation is 1. The van der Waals surface area contributed by atoms with Gasteiger partial charge in [-0.2, -0.15) is 5.26 Å². The molecule has 0 aliphatic heterocycles. The smallest absolute Gasteiger partial charge is 0.230 e. The van der Waals surface area contributed by atoms with Gasteiger partial charge < -0.3 is 10.3 Å². The van der Waals surface area contributed by atoms with Gasteiger partial charge in [0.25, 0.3) is 0 Å². The van der Waals surface area contributed by atoms with Gasteiger partial charge in [-0.1, -0.05) is 11.8 Å². The van der Waals surface area contributed by atoms with Crippen LogP contribution in [0.2, 0.25) is 0 Å². The van der Waals surface area contributed by atoms with Crippen LogP contribution in [-0.2, 0) is 4.79 Å². The topological polar surface area (TPSA) is 94.5 Å². The molecule has 126 valence electrons. The zero-order valence-corrected chi connectivity index (χ0v) is 14.4. The number of fused-ring (bicyclic) bond motifs is 1. The standard InChI is InChI=1S/C17H14FN5OS/c1-9-5-11(18)3-4-12(9)15-14-10(6-19)7-21-16(14)23-17(22-15)25-8-13(24)20-2/h3-5,7H,8H2,1-2H3,(H,20,24)(H,21,22,23). The van der Waals surface area contributed by atoms with E-state index in [2.05, 4.69) is 26.3 Å². The highest BCUT2D eigenvalue weighted by Crippen LogP contribution is 2.32. The number of aromatic amines is 1. The van der Waals surface area contributed by atoms with Crippen molar-refractivity contribution in [2.75, 3.05) is 12.8 Å². The summed E-state index contributed by atoms with van der Waals surface area (Å²) in [4.78, 5) is 23.3. The minimum absolute atomic E-state index is 0.141. The predicted molar refractivity (Wildman–Crippen MR) is 93.5 cm³/mol. The van der Waals surface area contributed by atoms with E-state index in [-0.39, 0.29) is 17.5 Å². The Morgan fingerprint density at radius 1 is 1.44 bits per heavy atom. The molecule has 2 N–H and O–H groups in total. The molecule has 8 heteroatoms. The van der Waals surface area contributed by atoms with E-state index in [1.807, 2.05) is 0 Å². The van der Waals surface area contributed by atoms with E-state index in [9.17, 15) is 14.4 Å². The van der Waals surface area contributed by atoms with Gasteiger partial charge in [0, 0.05) is 18.8 Å². The second kappa shape index (κ2) is 6.91. The second-order valence-electron chi connectivity index (χ2n) is 5.31. The lowest BCUT2D eigenvalue weighted by atomic mass is 10.0. The van der Waals surface area contributed by atoms with E-state index in [4.69, 9.17) is 0 Å². The Labute approximate surface area is 147 Å². The van der Waals surface area contributed by atoms with Crippen molar-refractivity contribution in [1.29, 1.82) is 5.26 Å². The first-order valence-corrected chi connectivity index (χ1v) is 8.41. The van der Waals surface area contributed by atoms with Gasteiger partial charge in [0.15, 0.2) is 5.16 Å². The number of nitriles is 1. The summed E-state index contributed by atoms with van der Waals surface area (Å²) in [5.41, 5.74) is 2.87. The number of benzene rings is 1. The highest BCUT2D eigenvalue weighted by Gasteiger charge is 2.17. The number of rotatable bonds is 4. The Balaban J connectivity index is 2.18. The van der Waals surface area contributed by atoms with Crippen LogP contribution in [0.3, 0.4) is 0 Å². The SMILES string of the molecule is CNC(=O)CSc1nc(-c2ccc(F)cc2C)c2c(C#N)c[nH]c2n1. The number of hydrogen-bond donors (Lipinski definition) is 2. The van der Waals surface area contributed by atoms with Crippen molar-refractivity contribution in [3.05, 3.63) is 41.3 Å². The molecule has 1 amide bonds. The number of nitrogens with one attached hydrogen (secondary N) is 2. The summed E-state index contributed by atoms with van der Waals surface area (Å²) >= 11 is 1.19. The van der Waals surface area contributed by atoms with Gasteiger partial charge in [0.1, 0.15) is 17.5 Å². The summed E-state index contributed by atoms with van der Waals surface area (Å²) in [6.07, 6.45) is 1.56. The molecule has 0 fully saturated rings. The average molecular weight is 355 g/mol. The molecule has 0 spiro atoms. The molecule has 0 aliphatic rings. The molecule has 0 aliphatic carbocycles. The fraction of sp³-hybridized carbons (Fsp3) is 0.176. The zero-order valence-electron chi connectivity index (χ0n) is 13.6. The number of carbonyl (C=O) groups excluding carboxylic acids is 1. The molecule has 0 radical (unpaired) electrons. The fourth-order valence-electron chi connectivity index (χ4n) is 2.46. The van der Waals surface area contributed by atoms with Crippen LogP contribution in [0.15, 0.2) is 29.6 Å². The third-order valence-electron chi connectivity index (χ3n) is 3.69. The molecule has 3 rings (SSSR count). The zero-order chi connectivity index (χ0) is 18.0. The molecule has 2 heterocycles. The van der Waals surface area contributed by atoms with Crippen molar-refractivity contribution in [1.82, 2.24) is 20.3 Å². The monoisotopic (exact) mass is 355 g/mol. The molecule has 0 unspecified atom stereocenters. The number of hydrogen-bond acceptors (Lipinski definition) is 5. The second-order valence-corrected chi connectivity index (χ2v) is 6.26. The van der Waals surface area contributed by atoms with Crippen molar-refractivity contribution in [2.24, 2.45) is 0 Å². The highest BCUT2D eigenvalue weighted by atomic mass is 32.2. The molecular weight excluding hydrogens is 341 g/mol. The number of carbonyl (C=O) groups is 1.